The van der Waals surface area contributed by atoms with Gasteiger partial charge in [-0.25, -0.2) is 0 Å². The maximum Gasteiger partial charge on any atom is 0.0642 e. The Balaban J connectivity index is 2.26. The summed E-state index contributed by atoms with van der Waals surface area (Å²) in [6, 6.07) is 6.25. The first-order valence-corrected chi connectivity index (χ1v) is 7.72. The standard InChI is InChI=1S/C16H25ClN2/c1-4-18-9-14-6-5-7-15(17)16(14)19-10-12(2)8-13(3)11-19/h5-7,12-13,18H,4,8-11H2,1-3H3. The summed E-state index contributed by atoms with van der Waals surface area (Å²) in [6.45, 7) is 10.9. The van der Waals surface area contributed by atoms with Crippen molar-refractivity contribution >= 4 is 17.3 Å². The zero-order valence-electron chi connectivity index (χ0n) is 12.2. The average molecular weight is 281 g/mol. The van der Waals surface area contributed by atoms with Crippen molar-refractivity contribution in [3.63, 3.8) is 0 Å². The predicted molar refractivity (Wildman–Crippen MR) is 84.0 cm³/mol. The minimum Gasteiger partial charge on any atom is -0.370 e. The first-order valence-electron chi connectivity index (χ1n) is 7.34. The number of hydrogen-bond donors (Lipinski definition) is 1. The van der Waals surface area contributed by atoms with Crippen LogP contribution in [0, 0.1) is 11.8 Å². The van der Waals surface area contributed by atoms with E-state index in [1.54, 1.807) is 0 Å². The van der Waals surface area contributed by atoms with Crippen molar-refractivity contribution in [2.45, 2.75) is 33.7 Å². The van der Waals surface area contributed by atoms with Crippen LogP contribution in [0.4, 0.5) is 5.69 Å². The van der Waals surface area contributed by atoms with Gasteiger partial charge in [0.1, 0.15) is 0 Å². The summed E-state index contributed by atoms with van der Waals surface area (Å²) in [5, 5.41) is 4.29. The molecule has 2 rings (SSSR count). The lowest BCUT2D eigenvalue weighted by atomic mass is 9.91. The smallest absolute Gasteiger partial charge is 0.0642 e. The van der Waals surface area contributed by atoms with Gasteiger partial charge in [-0.15, -0.1) is 0 Å². The summed E-state index contributed by atoms with van der Waals surface area (Å²) in [7, 11) is 0. The molecule has 3 heteroatoms. The van der Waals surface area contributed by atoms with Crippen LogP contribution < -0.4 is 10.2 Å². The van der Waals surface area contributed by atoms with Crippen molar-refractivity contribution in [2.75, 3.05) is 24.5 Å². The Kier molecular flexibility index (Phi) is 5.12. The number of para-hydroxylation sites is 1. The van der Waals surface area contributed by atoms with Gasteiger partial charge in [0.15, 0.2) is 0 Å². The summed E-state index contributed by atoms with van der Waals surface area (Å²) in [6.07, 6.45) is 1.32. The Bertz CT molecular complexity index is 409. The molecule has 106 valence electrons. The molecule has 1 aromatic rings. The molecule has 19 heavy (non-hydrogen) atoms. The normalized spacial score (nSPS) is 23.7. The number of nitrogens with one attached hydrogen (secondary N) is 1. The molecule has 0 bridgehead atoms. The topological polar surface area (TPSA) is 15.3 Å². The van der Waals surface area contributed by atoms with E-state index in [1.165, 1.54) is 17.7 Å². The van der Waals surface area contributed by atoms with E-state index in [1.807, 2.05) is 6.07 Å². The highest BCUT2D eigenvalue weighted by Gasteiger charge is 2.24. The molecule has 0 saturated carbocycles. The van der Waals surface area contributed by atoms with Crippen LogP contribution in [-0.2, 0) is 6.54 Å². The number of hydrogen-bond acceptors (Lipinski definition) is 2. The molecule has 1 aliphatic heterocycles. The molecular weight excluding hydrogens is 256 g/mol. The van der Waals surface area contributed by atoms with Gasteiger partial charge in [-0.05, 0) is 36.4 Å². The Labute approximate surface area is 122 Å². The number of piperidine rings is 1. The molecule has 1 heterocycles. The van der Waals surface area contributed by atoms with E-state index in [-0.39, 0.29) is 0 Å². The summed E-state index contributed by atoms with van der Waals surface area (Å²) in [5.74, 6) is 1.49. The molecule has 0 amide bonds. The molecule has 1 fully saturated rings. The van der Waals surface area contributed by atoms with Gasteiger partial charge >= 0.3 is 0 Å². The molecule has 0 aromatic heterocycles. The van der Waals surface area contributed by atoms with E-state index < -0.39 is 0 Å². The fourth-order valence-corrected chi connectivity index (χ4v) is 3.48. The van der Waals surface area contributed by atoms with Crippen LogP contribution in [-0.4, -0.2) is 19.6 Å². The lowest BCUT2D eigenvalue weighted by molar-refractivity contribution is 0.356. The van der Waals surface area contributed by atoms with Crippen LogP contribution in [0.5, 0.6) is 0 Å². The molecular formula is C16H25ClN2. The lowest BCUT2D eigenvalue weighted by Gasteiger charge is -2.38. The third-order valence-electron chi connectivity index (χ3n) is 3.82. The number of rotatable bonds is 4. The van der Waals surface area contributed by atoms with Crippen molar-refractivity contribution in [2.24, 2.45) is 11.8 Å². The van der Waals surface area contributed by atoms with Gasteiger partial charge in [-0.3, -0.25) is 0 Å². The quantitative estimate of drug-likeness (QED) is 0.899. The van der Waals surface area contributed by atoms with Crippen LogP contribution in [0.1, 0.15) is 32.8 Å². The van der Waals surface area contributed by atoms with E-state index in [2.05, 4.69) is 43.1 Å². The molecule has 0 aliphatic carbocycles. The van der Waals surface area contributed by atoms with Crippen LogP contribution in [0.25, 0.3) is 0 Å². The van der Waals surface area contributed by atoms with Crippen molar-refractivity contribution in [1.29, 1.82) is 0 Å². The maximum atomic E-state index is 6.47. The molecule has 1 aliphatic rings. The van der Waals surface area contributed by atoms with Gasteiger partial charge in [0, 0.05) is 19.6 Å². The molecule has 1 saturated heterocycles. The van der Waals surface area contributed by atoms with Crippen molar-refractivity contribution < 1.29 is 0 Å². The highest BCUT2D eigenvalue weighted by atomic mass is 35.5. The van der Waals surface area contributed by atoms with E-state index >= 15 is 0 Å². The largest absolute Gasteiger partial charge is 0.370 e. The zero-order chi connectivity index (χ0) is 13.8. The molecule has 0 radical (unpaired) electrons. The number of anilines is 1. The minimum atomic E-state index is 0.743. The Hall–Kier alpha value is -0.730. The van der Waals surface area contributed by atoms with Gasteiger partial charge in [0.2, 0.25) is 0 Å². The second-order valence-corrected chi connectivity index (χ2v) is 6.29. The number of nitrogens with zero attached hydrogens (tertiary/aromatic N) is 1. The Morgan fingerprint density at radius 1 is 1.26 bits per heavy atom. The van der Waals surface area contributed by atoms with Crippen LogP contribution in [0.15, 0.2) is 18.2 Å². The summed E-state index contributed by atoms with van der Waals surface area (Å²) < 4.78 is 0. The van der Waals surface area contributed by atoms with Crippen molar-refractivity contribution in [1.82, 2.24) is 5.32 Å². The molecule has 1 N–H and O–H groups in total. The van der Waals surface area contributed by atoms with Crippen LogP contribution in [0.2, 0.25) is 5.02 Å². The van der Waals surface area contributed by atoms with E-state index in [9.17, 15) is 0 Å². The van der Waals surface area contributed by atoms with Crippen molar-refractivity contribution in [3.05, 3.63) is 28.8 Å². The van der Waals surface area contributed by atoms with E-state index in [0.29, 0.717) is 0 Å². The fraction of sp³-hybridized carbons (Fsp3) is 0.625. The first kappa shape index (κ1) is 14.7. The Morgan fingerprint density at radius 2 is 1.95 bits per heavy atom. The molecule has 2 atom stereocenters. The molecule has 0 spiro atoms. The lowest BCUT2D eigenvalue weighted by Crippen LogP contribution is -2.39. The Morgan fingerprint density at radius 3 is 2.58 bits per heavy atom. The van der Waals surface area contributed by atoms with E-state index in [0.717, 1.165) is 43.0 Å². The maximum absolute atomic E-state index is 6.47. The van der Waals surface area contributed by atoms with Crippen LogP contribution >= 0.6 is 11.6 Å². The number of halogens is 1. The SMILES string of the molecule is CCNCc1cccc(Cl)c1N1CC(C)CC(C)C1. The summed E-state index contributed by atoms with van der Waals surface area (Å²) in [4.78, 5) is 2.48. The number of benzene rings is 1. The van der Waals surface area contributed by atoms with Gasteiger partial charge < -0.3 is 10.2 Å². The molecule has 2 nitrogen and oxygen atoms in total. The molecule has 1 aromatic carbocycles. The highest BCUT2D eigenvalue weighted by Crippen LogP contribution is 2.34. The first-order chi connectivity index (χ1) is 9.11. The molecule has 2 unspecified atom stereocenters. The highest BCUT2D eigenvalue weighted by molar-refractivity contribution is 6.33. The summed E-state index contributed by atoms with van der Waals surface area (Å²) in [5.41, 5.74) is 2.55. The van der Waals surface area contributed by atoms with E-state index in [4.69, 9.17) is 11.6 Å². The van der Waals surface area contributed by atoms with Gasteiger partial charge in [0.25, 0.3) is 0 Å². The third kappa shape index (κ3) is 3.64. The second kappa shape index (κ2) is 6.62. The summed E-state index contributed by atoms with van der Waals surface area (Å²) >= 11 is 6.47. The monoisotopic (exact) mass is 280 g/mol. The van der Waals surface area contributed by atoms with Gasteiger partial charge in [-0.2, -0.15) is 0 Å². The zero-order valence-corrected chi connectivity index (χ0v) is 13.0. The second-order valence-electron chi connectivity index (χ2n) is 5.88. The van der Waals surface area contributed by atoms with Crippen LogP contribution in [0.3, 0.4) is 0 Å². The average Bonchev–Trinajstić information content (AvgIpc) is 2.35. The minimum absolute atomic E-state index is 0.743. The van der Waals surface area contributed by atoms with Gasteiger partial charge in [-0.1, -0.05) is 44.5 Å². The van der Waals surface area contributed by atoms with Crippen molar-refractivity contribution in [3.8, 4) is 0 Å². The predicted octanol–water partition coefficient (Wildman–Crippen LogP) is 3.93. The van der Waals surface area contributed by atoms with Gasteiger partial charge in [0.05, 0.1) is 10.7 Å². The fourth-order valence-electron chi connectivity index (χ4n) is 3.16. The third-order valence-corrected chi connectivity index (χ3v) is 4.13.